The van der Waals surface area contributed by atoms with Gasteiger partial charge in [-0.3, -0.25) is 4.79 Å². The SMILES string of the molecule is NCc1cccs1.O=C(Cl)c1ccco1. The lowest BCUT2D eigenvalue weighted by Crippen LogP contribution is -1.90. The van der Waals surface area contributed by atoms with E-state index in [-0.39, 0.29) is 5.76 Å². The van der Waals surface area contributed by atoms with E-state index in [0.717, 1.165) is 0 Å². The van der Waals surface area contributed by atoms with E-state index in [1.165, 1.54) is 17.2 Å². The van der Waals surface area contributed by atoms with E-state index in [0.29, 0.717) is 6.54 Å². The van der Waals surface area contributed by atoms with Crippen molar-refractivity contribution >= 4 is 28.2 Å². The molecule has 0 atom stereocenters. The molecule has 2 rings (SSSR count). The number of nitrogens with two attached hydrogens (primary N) is 1. The minimum atomic E-state index is -0.560. The largest absolute Gasteiger partial charge is 0.460 e. The molecule has 0 amide bonds. The van der Waals surface area contributed by atoms with Gasteiger partial charge >= 0.3 is 0 Å². The summed E-state index contributed by atoms with van der Waals surface area (Å²) in [4.78, 5) is 11.4. The van der Waals surface area contributed by atoms with Crippen molar-refractivity contribution in [1.29, 1.82) is 0 Å². The molecule has 0 aliphatic carbocycles. The lowest BCUT2D eigenvalue weighted by atomic mass is 10.5. The van der Waals surface area contributed by atoms with E-state index in [4.69, 9.17) is 17.3 Å². The average molecular weight is 244 g/mol. The summed E-state index contributed by atoms with van der Waals surface area (Å²) >= 11 is 6.71. The monoisotopic (exact) mass is 243 g/mol. The molecule has 5 heteroatoms. The van der Waals surface area contributed by atoms with Gasteiger partial charge in [-0.25, -0.2) is 0 Å². The lowest BCUT2D eigenvalue weighted by molar-refractivity contribution is 0.105. The molecule has 2 aromatic heterocycles. The average Bonchev–Trinajstić information content (AvgIpc) is 2.92. The molecule has 3 nitrogen and oxygen atoms in total. The molecule has 0 aliphatic heterocycles. The highest BCUT2D eigenvalue weighted by Gasteiger charge is 2.00. The maximum atomic E-state index is 10.2. The summed E-state index contributed by atoms with van der Waals surface area (Å²) in [5.74, 6) is 0.187. The van der Waals surface area contributed by atoms with Gasteiger partial charge in [-0.2, -0.15) is 0 Å². The smallest absolute Gasteiger partial charge is 0.287 e. The zero-order chi connectivity index (χ0) is 11.1. The summed E-state index contributed by atoms with van der Waals surface area (Å²) < 4.78 is 4.61. The van der Waals surface area contributed by atoms with E-state index < -0.39 is 5.24 Å². The minimum Gasteiger partial charge on any atom is -0.460 e. The van der Waals surface area contributed by atoms with Crippen LogP contribution < -0.4 is 5.73 Å². The summed E-state index contributed by atoms with van der Waals surface area (Å²) in [6, 6.07) is 7.16. The van der Waals surface area contributed by atoms with Crippen molar-refractivity contribution in [3.63, 3.8) is 0 Å². The highest BCUT2D eigenvalue weighted by Crippen LogP contribution is 2.05. The third-order valence-corrected chi connectivity index (χ3v) is 2.58. The van der Waals surface area contributed by atoms with Crippen LogP contribution in [0.25, 0.3) is 0 Å². The van der Waals surface area contributed by atoms with Gasteiger partial charge in [0.05, 0.1) is 6.26 Å². The fraction of sp³-hybridized carbons (Fsp3) is 0.100. The predicted molar refractivity (Wildman–Crippen MR) is 61.1 cm³/mol. The molecule has 0 radical (unpaired) electrons. The first-order valence-corrected chi connectivity index (χ1v) is 5.45. The number of halogens is 1. The molecule has 0 fully saturated rings. The van der Waals surface area contributed by atoms with E-state index in [1.54, 1.807) is 17.4 Å². The lowest BCUT2D eigenvalue weighted by Gasteiger charge is -1.79. The number of rotatable bonds is 2. The van der Waals surface area contributed by atoms with Gasteiger partial charge in [-0.05, 0) is 35.2 Å². The molecule has 0 aromatic carbocycles. The van der Waals surface area contributed by atoms with Crippen molar-refractivity contribution in [2.45, 2.75) is 6.54 Å². The van der Waals surface area contributed by atoms with Gasteiger partial charge < -0.3 is 10.2 Å². The zero-order valence-corrected chi connectivity index (χ0v) is 9.42. The van der Waals surface area contributed by atoms with E-state index in [2.05, 4.69) is 4.42 Å². The van der Waals surface area contributed by atoms with Gasteiger partial charge in [0.25, 0.3) is 5.24 Å². The standard InChI is InChI=1S/C5H3ClO2.C5H7NS/c6-5(7)4-2-1-3-8-4;6-4-5-2-1-3-7-5/h1-3H;1-3H,4,6H2. The summed E-state index contributed by atoms with van der Waals surface area (Å²) in [6.07, 6.45) is 1.40. The van der Waals surface area contributed by atoms with Crippen LogP contribution in [0.15, 0.2) is 40.3 Å². The molecule has 0 unspecified atom stereocenters. The Morgan fingerprint density at radius 3 is 2.53 bits per heavy atom. The predicted octanol–water partition coefficient (Wildman–Crippen LogP) is 2.87. The van der Waals surface area contributed by atoms with E-state index >= 15 is 0 Å². The van der Waals surface area contributed by atoms with Gasteiger partial charge in [0, 0.05) is 11.4 Å². The van der Waals surface area contributed by atoms with Gasteiger partial charge in [0.15, 0.2) is 5.76 Å². The maximum absolute atomic E-state index is 10.2. The first-order valence-electron chi connectivity index (χ1n) is 4.20. The highest BCUT2D eigenvalue weighted by atomic mass is 35.5. The van der Waals surface area contributed by atoms with Crippen LogP contribution in [0, 0.1) is 0 Å². The fourth-order valence-electron chi connectivity index (χ4n) is 0.819. The third kappa shape index (κ3) is 4.29. The second-order valence-electron chi connectivity index (χ2n) is 2.53. The molecule has 0 bridgehead atoms. The van der Waals surface area contributed by atoms with Crippen LogP contribution in [0.5, 0.6) is 0 Å². The molecule has 0 aliphatic rings. The van der Waals surface area contributed by atoms with Gasteiger partial charge in [-0.15, -0.1) is 11.3 Å². The summed E-state index contributed by atoms with van der Waals surface area (Å²) in [5, 5.41) is 1.47. The van der Waals surface area contributed by atoms with Crippen molar-refractivity contribution in [2.75, 3.05) is 0 Å². The number of hydrogen-bond donors (Lipinski definition) is 1. The van der Waals surface area contributed by atoms with Gasteiger partial charge in [0.1, 0.15) is 0 Å². The van der Waals surface area contributed by atoms with Crippen LogP contribution in [0.3, 0.4) is 0 Å². The fourth-order valence-corrected chi connectivity index (χ4v) is 1.51. The Kier molecular flexibility index (Phi) is 5.10. The van der Waals surface area contributed by atoms with Crippen LogP contribution in [0.2, 0.25) is 0 Å². The molecule has 80 valence electrons. The third-order valence-electron chi connectivity index (χ3n) is 1.50. The zero-order valence-electron chi connectivity index (χ0n) is 7.85. The Balaban J connectivity index is 0.000000151. The number of thiophene rings is 1. The maximum Gasteiger partial charge on any atom is 0.287 e. The van der Waals surface area contributed by atoms with Crippen LogP contribution in [-0.2, 0) is 6.54 Å². The Bertz CT molecular complexity index is 383. The van der Waals surface area contributed by atoms with E-state index in [1.807, 2.05) is 17.5 Å². The van der Waals surface area contributed by atoms with Crippen molar-refractivity contribution in [3.05, 3.63) is 46.5 Å². The number of furan rings is 1. The topological polar surface area (TPSA) is 56.2 Å². The minimum absolute atomic E-state index is 0.187. The quantitative estimate of drug-likeness (QED) is 0.826. The Morgan fingerprint density at radius 2 is 2.27 bits per heavy atom. The Hall–Kier alpha value is -1.10. The first kappa shape index (κ1) is 12.0. The van der Waals surface area contributed by atoms with Gasteiger partial charge in [0.2, 0.25) is 0 Å². The molecule has 0 saturated heterocycles. The van der Waals surface area contributed by atoms with Crippen molar-refractivity contribution in [1.82, 2.24) is 0 Å². The Morgan fingerprint density at radius 1 is 1.47 bits per heavy atom. The van der Waals surface area contributed by atoms with Crippen molar-refractivity contribution in [2.24, 2.45) is 5.73 Å². The summed E-state index contributed by atoms with van der Waals surface area (Å²) in [6.45, 7) is 0.678. The summed E-state index contributed by atoms with van der Waals surface area (Å²) in [5.41, 5.74) is 5.30. The van der Waals surface area contributed by atoms with Crippen LogP contribution >= 0.6 is 22.9 Å². The molecular weight excluding hydrogens is 234 g/mol. The van der Waals surface area contributed by atoms with Crippen LogP contribution in [-0.4, -0.2) is 5.24 Å². The second-order valence-corrected chi connectivity index (χ2v) is 3.91. The Labute approximate surface area is 96.5 Å². The molecule has 2 N–H and O–H groups in total. The normalized spacial score (nSPS) is 9.20. The van der Waals surface area contributed by atoms with Gasteiger partial charge in [-0.1, -0.05) is 6.07 Å². The molecule has 0 spiro atoms. The molecule has 2 heterocycles. The first-order chi connectivity index (χ1) is 7.24. The van der Waals surface area contributed by atoms with Crippen LogP contribution in [0.1, 0.15) is 15.4 Å². The van der Waals surface area contributed by atoms with Crippen molar-refractivity contribution < 1.29 is 9.21 Å². The second kappa shape index (κ2) is 6.40. The molecular formula is C10H10ClNO2S. The molecule has 2 aromatic rings. The molecule has 0 saturated carbocycles. The number of carbonyl (C=O) groups excluding carboxylic acids is 1. The van der Waals surface area contributed by atoms with Crippen molar-refractivity contribution in [3.8, 4) is 0 Å². The highest BCUT2D eigenvalue weighted by molar-refractivity contribution is 7.09. The number of carbonyl (C=O) groups is 1. The summed E-state index contributed by atoms with van der Waals surface area (Å²) in [7, 11) is 0. The van der Waals surface area contributed by atoms with E-state index in [9.17, 15) is 4.79 Å². The van der Waals surface area contributed by atoms with Crippen LogP contribution in [0.4, 0.5) is 0 Å². The number of hydrogen-bond acceptors (Lipinski definition) is 4. The molecule has 15 heavy (non-hydrogen) atoms.